The van der Waals surface area contributed by atoms with Gasteiger partial charge in [0, 0.05) is 33.5 Å². The van der Waals surface area contributed by atoms with Crippen LogP contribution in [0.1, 0.15) is 29.7 Å². The third-order valence-corrected chi connectivity index (χ3v) is 6.44. The number of carbonyl (C=O) groups excluding carboxylic acids is 1. The van der Waals surface area contributed by atoms with E-state index in [4.69, 9.17) is 0 Å². The van der Waals surface area contributed by atoms with E-state index in [0.717, 1.165) is 38.6 Å². The summed E-state index contributed by atoms with van der Waals surface area (Å²) in [6.07, 6.45) is 2.98. The lowest BCUT2D eigenvalue weighted by Gasteiger charge is -2.25. The van der Waals surface area contributed by atoms with E-state index < -0.39 is 5.97 Å². The number of fused-ring (bicyclic) bond motifs is 3. The lowest BCUT2D eigenvalue weighted by molar-refractivity contribution is -0.137. The number of benzene rings is 2. The Labute approximate surface area is 182 Å². The second-order valence-corrected chi connectivity index (χ2v) is 8.52. The van der Waals surface area contributed by atoms with Crippen molar-refractivity contribution in [2.75, 3.05) is 0 Å². The van der Waals surface area contributed by atoms with Crippen LogP contribution in [0.2, 0.25) is 0 Å². The number of amides is 1. The number of aryl methyl sites for hydroxylation is 1. The predicted octanol–water partition coefficient (Wildman–Crippen LogP) is 4.23. The van der Waals surface area contributed by atoms with Gasteiger partial charge in [-0.15, -0.1) is 0 Å². The monoisotopic (exact) mass is 472 g/mol. The summed E-state index contributed by atoms with van der Waals surface area (Å²) in [6, 6.07) is 12.3. The number of carboxylic acids is 1. The Kier molecular flexibility index (Phi) is 5.90. The molecule has 1 aliphatic rings. The molecule has 0 radical (unpaired) electrons. The average Bonchev–Trinajstić information content (AvgIpc) is 2.99. The minimum Gasteiger partial charge on any atom is -0.480 e. The van der Waals surface area contributed by atoms with Gasteiger partial charge in [-0.2, -0.15) is 0 Å². The van der Waals surface area contributed by atoms with Crippen molar-refractivity contribution < 1.29 is 19.1 Å². The molecule has 0 fully saturated rings. The van der Waals surface area contributed by atoms with E-state index in [1.54, 1.807) is 10.6 Å². The van der Waals surface area contributed by atoms with Crippen LogP contribution in [-0.2, 0) is 35.4 Å². The number of aliphatic carboxylic acids is 1. The zero-order valence-electron chi connectivity index (χ0n) is 16.3. The molecule has 2 aromatic carbocycles. The Balaban J connectivity index is 1.50. The molecule has 1 amide bonds. The highest BCUT2D eigenvalue weighted by atomic mass is 79.9. The number of hydrogen-bond acceptors (Lipinski definition) is 2. The van der Waals surface area contributed by atoms with Gasteiger partial charge in [-0.25, -0.2) is 4.39 Å². The molecule has 4 rings (SSSR count). The summed E-state index contributed by atoms with van der Waals surface area (Å²) in [5, 5.41) is 13.1. The summed E-state index contributed by atoms with van der Waals surface area (Å²) < 4.78 is 16.6. The Morgan fingerprint density at radius 1 is 1.23 bits per heavy atom. The maximum absolute atomic E-state index is 13.9. The predicted molar refractivity (Wildman–Crippen MR) is 116 cm³/mol. The van der Waals surface area contributed by atoms with Crippen molar-refractivity contribution >= 4 is 38.7 Å². The molecule has 30 heavy (non-hydrogen) atoms. The second-order valence-electron chi connectivity index (χ2n) is 7.67. The van der Waals surface area contributed by atoms with Crippen LogP contribution in [0.5, 0.6) is 0 Å². The number of nitrogens with zero attached hydrogens (tertiary/aromatic N) is 1. The molecule has 0 aliphatic heterocycles. The van der Waals surface area contributed by atoms with Gasteiger partial charge in [-0.1, -0.05) is 34.1 Å². The zero-order valence-corrected chi connectivity index (χ0v) is 17.9. The van der Waals surface area contributed by atoms with Gasteiger partial charge >= 0.3 is 5.97 Å². The standard InChI is InChI=1S/C23H22BrFN2O3/c24-19-4-2-1-3-14(19)5-10-22(28)26-16-7-9-21-18(12-16)17-11-15(25)6-8-20(17)27(21)13-23(29)30/h1-4,6,8,11,16H,5,7,9-10,12-13H2,(H,26,28)(H,29,30). The number of carbonyl (C=O) groups is 2. The number of hydrogen-bond donors (Lipinski definition) is 2. The van der Waals surface area contributed by atoms with E-state index in [1.165, 1.54) is 12.1 Å². The summed E-state index contributed by atoms with van der Waals surface area (Å²) in [5.41, 5.74) is 3.68. The topological polar surface area (TPSA) is 71.3 Å². The van der Waals surface area contributed by atoms with E-state index in [9.17, 15) is 19.1 Å². The van der Waals surface area contributed by atoms with Crippen LogP contribution < -0.4 is 5.32 Å². The van der Waals surface area contributed by atoms with Crippen LogP contribution in [0.4, 0.5) is 4.39 Å². The summed E-state index contributed by atoms with van der Waals surface area (Å²) >= 11 is 3.50. The third kappa shape index (κ3) is 4.26. The van der Waals surface area contributed by atoms with Crippen LogP contribution in [-0.4, -0.2) is 27.6 Å². The van der Waals surface area contributed by atoms with E-state index in [-0.39, 0.29) is 24.3 Å². The summed E-state index contributed by atoms with van der Waals surface area (Å²) in [7, 11) is 0. The average molecular weight is 473 g/mol. The highest BCUT2D eigenvalue weighted by Crippen LogP contribution is 2.33. The Morgan fingerprint density at radius 2 is 2.03 bits per heavy atom. The molecule has 0 saturated carbocycles. The number of halogens is 2. The van der Waals surface area contributed by atoms with Gasteiger partial charge in [0.15, 0.2) is 0 Å². The molecule has 7 heteroatoms. The normalized spacial score (nSPS) is 15.7. The van der Waals surface area contributed by atoms with Crippen molar-refractivity contribution in [2.45, 2.75) is 44.7 Å². The molecule has 1 unspecified atom stereocenters. The molecule has 156 valence electrons. The fourth-order valence-corrected chi connectivity index (χ4v) is 4.79. The van der Waals surface area contributed by atoms with Crippen molar-refractivity contribution in [3.63, 3.8) is 0 Å². The highest BCUT2D eigenvalue weighted by Gasteiger charge is 2.27. The molecule has 5 nitrogen and oxygen atoms in total. The Morgan fingerprint density at radius 3 is 2.80 bits per heavy atom. The van der Waals surface area contributed by atoms with Crippen LogP contribution >= 0.6 is 15.9 Å². The van der Waals surface area contributed by atoms with Crippen LogP contribution in [0.25, 0.3) is 10.9 Å². The first kappa shape index (κ1) is 20.6. The van der Waals surface area contributed by atoms with Crippen molar-refractivity contribution in [3.8, 4) is 0 Å². The van der Waals surface area contributed by atoms with Gasteiger partial charge in [0.2, 0.25) is 5.91 Å². The molecule has 1 aliphatic carbocycles. The fraction of sp³-hybridized carbons (Fsp3) is 0.304. The highest BCUT2D eigenvalue weighted by molar-refractivity contribution is 9.10. The summed E-state index contributed by atoms with van der Waals surface area (Å²) in [4.78, 5) is 23.8. The van der Waals surface area contributed by atoms with Gasteiger partial charge in [-0.05, 0) is 61.1 Å². The molecule has 0 spiro atoms. The minimum atomic E-state index is -0.929. The quantitative estimate of drug-likeness (QED) is 0.563. The summed E-state index contributed by atoms with van der Waals surface area (Å²) in [5.74, 6) is -1.29. The van der Waals surface area contributed by atoms with E-state index in [1.807, 2.05) is 24.3 Å². The molecule has 1 atom stereocenters. The van der Waals surface area contributed by atoms with E-state index in [0.29, 0.717) is 25.7 Å². The number of nitrogens with one attached hydrogen (secondary N) is 1. The van der Waals surface area contributed by atoms with Crippen LogP contribution in [0, 0.1) is 5.82 Å². The van der Waals surface area contributed by atoms with Gasteiger partial charge in [0.1, 0.15) is 12.4 Å². The molecule has 1 heterocycles. The zero-order chi connectivity index (χ0) is 21.3. The lowest BCUT2D eigenvalue weighted by Crippen LogP contribution is -2.39. The lowest BCUT2D eigenvalue weighted by atomic mass is 9.91. The number of rotatable bonds is 6. The molecule has 0 bridgehead atoms. The smallest absolute Gasteiger partial charge is 0.323 e. The van der Waals surface area contributed by atoms with Crippen LogP contribution in [0.3, 0.4) is 0 Å². The maximum Gasteiger partial charge on any atom is 0.323 e. The van der Waals surface area contributed by atoms with Crippen molar-refractivity contribution in [1.29, 1.82) is 0 Å². The Bertz CT molecular complexity index is 1130. The maximum atomic E-state index is 13.9. The summed E-state index contributed by atoms with van der Waals surface area (Å²) in [6.45, 7) is -0.152. The molecule has 2 N–H and O–H groups in total. The first-order chi connectivity index (χ1) is 14.4. The van der Waals surface area contributed by atoms with E-state index >= 15 is 0 Å². The van der Waals surface area contributed by atoms with Crippen molar-refractivity contribution in [1.82, 2.24) is 9.88 Å². The van der Waals surface area contributed by atoms with Crippen LogP contribution in [0.15, 0.2) is 46.9 Å². The van der Waals surface area contributed by atoms with Gasteiger partial charge in [0.05, 0.1) is 0 Å². The third-order valence-electron chi connectivity index (χ3n) is 5.67. The van der Waals surface area contributed by atoms with E-state index in [2.05, 4.69) is 21.2 Å². The number of aromatic nitrogens is 1. The van der Waals surface area contributed by atoms with Crippen molar-refractivity contribution in [3.05, 3.63) is 69.6 Å². The largest absolute Gasteiger partial charge is 0.480 e. The second kappa shape index (κ2) is 8.60. The molecule has 0 saturated heterocycles. The van der Waals surface area contributed by atoms with Gasteiger partial charge in [-0.3, -0.25) is 9.59 Å². The molecule has 1 aromatic heterocycles. The minimum absolute atomic E-state index is 0.0142. The first-order valence-electron chi connectivity index (χ1n) is 9.96. The molecular weight excluding hydrogens is 451 g/mol. The Hall–Kier alpha value is -2.67. The SMILES string of the molecule is O=C(O)Cn1c2c(c3cc(F)ccc31)CC(NC(=O)CCc1ccccc1Br)CC2. The fourth-order valence-electron chi connectivity index (χ4n) is 4.31. The van der Waals surface area contributed by atoms with Gasteiger partial charge in [0.25, 0.3) is 0 Å². The van der Waals surface area contributed by atoms with Crippen molar-refractivity contribution in [2.24, 2.45) is 0 Å². The molecule has 3 aromatic rings. The molecular formula is C23H22BrFN2O3. The van der Waals surface area contributed by atoms with Gasteiger partial charge < -0.3 is 15.0 Å². The first-order valence-corrected chi connectivity index (χ1v) is 10.8. The number of carboxylic acid groups (broad SMARTS) is 1.